The Balaban J connectivity index is 1.50. The van der Waals surface area contributed by atoms with Crippen molar-refractivity contribution in [2.45, 2.75) is 32.0 Å². The van der Waals surface area contributed by atoms with Crippen LogP contribution in [0.15, 0.2) is 43.0 Å². The van der Waals surface area contributed by atoms with Crippen LogP contribution < -0.4 is 5.73 Å². The molecule has 1 atom stereocenters. The summed E-state index contributed by atoms with van der Waals surface area (Å²) < 4.78 is 3.62. The van der Waals surface area contributed by atoms with E-state index in [-0.39, 0.29) is 5.69 Å². The molecule has 7 heteroatoms. The Labute approximate surface area is 133 Å². The van der Waals surface area contributed by atoms with E-state index in [1.54, 1.807) is 10.8 Å². The van der Waals surface area contributed by atoms with E-state index >= 15 is 0 Å². The number of hydrogen-bond acceptors (Lipinski definition) is 4. The number of primary amides is 1. The number of rotatable bonds is 7. The van der Waals surface area contributed by atoms with Crippen molar-refractivity contribution in [3.8, 4) is 0 Å². The third-order valence-corrected chi connectivity index (χ3v) is 3.77. The minimum atomic E-state index is -0.566. The van der Waals surface area contributed by atoms with Gasteiger partial charge in [-0.15, -0.1) is 0 Å². The van der Waals surface area contributed by atoms with E-state index < -0.39 is 12.0 Å². The number of para-hydroxylation sites is 1. The second-order valence-electron chi connectivity index (χ2n) is 5.54. The molecule has 2 heterocycles. The van der Waals surface area contributed by atoms with Crippen LogP contribution in [0.1, 0.15) is 23.3 Å². The van der Waals surface area contributed by atoms with E-state index in [1.807, 2.05) is 35.1 Å². The molecule has 3 rings (SSSR count). The molecule has 3 aromatic rings. The number of aliphatic hydroxyl groups excluding tert-OH is 1. The Bertz CT molecular complexity index is 808. The monoisotopic (exact) mass is 313 g/mol. The van der Waals surface area contributed by atoms with Gasteiger partial charge in [-0.1, -0.05) is 18.2 Å². The lowest BCUT2D eigenvalue weighted by molar-refractivity contribution is 0.0995. The Morgan fingerprint density at radius 1 is 1.35 bits per heavy atom. The van der Waals surface area contributed by atoms with Gasteiger partial charge < -0.3 is 15.4 Å². The van der Waals surface area contributed by atoms with Gasteiger partial charge in [0.05, 0.1) is 24.1 Å². The Hall–Kier alpha value is -2.67. The molecule has 23 heavy (non-hydrogen) atoms. The second-order valence-corrected chi connectivity index (χ2v) is 5.54. The lowest BCUT2D eigenvalue weighted by Gasteiger charge is -2.11. The number of amides is 1. The maximum Gasteiger partial charge on any atom is 0.268 e. The van der Waals surface area contributed by atoms with Crippen molar-refractivity contribution in [3.05, 3.63) is 48.7 Å². The van der Waals surface area contributed by atoms with E-state index in [0.717, 1.165) is 23.9 Å². The average molecular weight is 313 g/mol. The van der Waals surface area contributed by atoms with Crippen LogP contribution in [0.3, 0.4) is 0 Å². The highest BCUT2D eigenvalue weighted by molar-refractivity contribution is 5.90. The number of aliphatic hydroxyl groups is 1. The van der Waals surface area contributed by atoms with Crippen LogP contribution in [0.2, 0.25) is 0 Å². The highest BCUT2D eigenvalue weighted by Crippen LogP contribution is 2.13. The number of nitrogens with two attached hydrogens (primary N) is 1. The van der Waals surface area contributed by atoms with E-state index in [9.17, 15) is 9.90 Å². The first-order valence-corrected chi connectivity index (χ1v) is 7.53. The summed E-state index contributed by atoms with van der Waals surface area (Å²) in [7, 11) is 0. The van der Waals surface area contributed by atoms with Gasteiger partial charge in [0.1, 0.15) is 5.69 Å². The number of imidazole rings is 1. The fraction of sp³-hybridized carbons (Fsp3) is 0.312. The SMILES string of the molecule is NC(=O)c1cn(CC(O)CCCn2ncc3ccccc32)cn1. The predicted molar refractivity (Wildman–Crippen MR) is 85.7 cm³/mol. The van der Waals surface area contributed by atoms with Crippen LogP contribution in [-0.2, 0) is 13.1 Å². The summed E-state index contributed by atoms with van der Waals surface area (Å²) >= 11 is 0. The van der Waals surface area contributed by atoms with Gasteiger partial charge in [0.15, 0.2) is 0 Å². The Morgan fingerprint density at radius 2 is 2.17 bits per heavy atom. The first-order valence-electron chi connectivity index (χ1n) is 7.53. The van der Waals surface area contributed by atoms with E-state index in [4.69, 9.17) is 5.73 Å². The van der Waals surface area contributed by atoms with Gasteiger partial charge in [-0.05, 0) is 18.9 Å². The number of hydrogen-bond donors (Lipinski definition) is 2. The fourth-order valence-corrected chi connectivity index (χ4v) is 2.60. The molecule has 0 saturated heterocycles. The molecule has 0 aliphatic carbocycles. The number of aryl methyl sites for hydroxylation is 1. The van der Waals surface area contributed by atoms with Crippen LogP contribution in [0, 0.1) is 0 Å². The minimum absolute atomic E-state index is 0.209. The third-order valence-electron chi connectivity index (χ3n) is 3.77. The number of carbonyl (C=O) groups is 1. The summed E-state index contributed by atoms with van der Waals surface area (Å²) in [6.07, 6.45) is 5.84. The smallest absolute Gasteiger partial charge is 0.268 e. The van der Waals surface area contributed by atoms with Crippen molar-refractivity contribution in [2.24, 2.45) is 5.73 Å². The Kier molecular flexibility index (Phi) is 4.38. The van der Waals surface area contributed by atoms with Crippen molar-refractivity contribution in [1.82, 2.24) is 19.3 Å². The molecule has 3 N–H and O–H groups in total. The van der Waals surface area contributed by atoms with Gasteiger partial charge in [-0.2, -0.15) is 5.10 Å². The largest absolute Gasteiger partial charge is 0.391 e. The van der Waals surface area contributed by atoms with Crippen LogP contribution in [-0.4, -0.2) is 36.4 Å². The second kappa shape index (κ2) is 6.62. The van der Waals surface area contributed by atoms with Gasteiger partial charge in [0.2, 0.25) is 0 Å². The molecule has 1 unspecified atom stereocenters. The maximum absolute atomic E-state index is 11.0. The molecule has 7 nitrogen and oxygen atoms in total. The third kappa shape index (κ3) is 3.57. The van der Waals surface area contributed by atoms with E-state index in [1.165, 1.54) is 6.33 Å². The van der Waals surface area contributed by atoms with Crippen molar-refractivity contribution >= 4 is 16.8 Å². The molecule has 120 valence electrons. The van der Waals surface area contributed by atoms with Crippen molar-refractivity contribution in [2.75, 3.05) is 0 Å². The quantitative estimate of drug-likeness (QED) is 0.684. The standard InChI is InChI=1S/C16H19N5O2/c17-16(23)14-10-20(11-18-14)9-13(22)5-3-7-21-15-6-2-1-4-12(15)8-19-21/h1-2,4,6,8,10-11,13,22H,3,5,7,9H2,(H2,17,23). The number of nitrogens with zero attached hydrogens (tertiary/aromatic N) is 4. The summed E-state index contributed by atoms with van der Waals surface area (Å²) in [4.78, 5) is 14.9. The van der Waals surface area contributed by atoms with Crippen LogP contribution in [0.5, 0.6) is 0 Å². The molecule has 1 amide bonds. The first-order chi connectivity index (χ1) is 11.1. The minimum Gasteiger partial charge on any atom is -0.391 e. The highest BCUT2D eigenvalue weighted by Gasteiger charge is 2.09. The lowest BCUT2D eigenvalue weighted by atomic mass is 10.2. The predicted octanol–water partition coefficient (Wildman–Crippen LogP) is 1.17. The molecule has 0 radical (unpaired) electrons. The highest BCUT2D eigenvalue weighted by atomic mass is 16.3. The normalized spacial score (nSPS) is 12.6. The van der Waals surface area contributed by atoms with Crippen molar-refractivity contribution in [1.29, 1.82) is 0 Å². The van der Waals surface area contributed by atoms with Crippen LogP contribution in [0.25, 0.3) is 10.9 Å². The zero-order valence-electron chi connectivity index (χ0n) is 12.7. The van der Waals surface area contributed by atoms with Crippen LogP contribution in [0.4, 0.5) is 0 Å². The summed E-state index contributed by atoms with van der Waals surface area (Å²) in [5, 5.41) is 15.6. The first kappa shape index (κ1) is 15.2. The molecule has 0 fully saturated rings. The zero-order chi connectivity index (χ0) is 16.2. The Morgan fingerprint density at radius 3 is 2.96 bits per heavy atom. The topological polar surface area (TPSA) is 99.0 Å². The summed E-state index contributed by atoms with van der Waals surface area (Å²) in [5.41, 5.74) is 6.46. The number of carbonyl (C=O) groups excluding carboxylic acids is 1. The molecular formula is C16H19N5O2. The zero-order valence-corrected chi connectivity index (χ0v) is 12.7. The number of fused-ring (bicyclic) bond motifs is 1. The molecule has 0 spiro atoms. The number of benzene rings is 1. The molecule has 0 saturated carbocycles. The molecule has 1 aromatic carbocycles. The molecule has 0 aliphatic rings. The molecular weight excluding hydrogens is 294 g/mol. The fourth-order valence-electron chi connectivity index (χ4n) is 2.60. The van der Waals surface area contributed by atoms with Gasteiger partial charge in [0, 0.05) is 24.7 Å². The van der Waals surface area contributed by atoms with Crippen LogP contribution >= 0.6 is 0 Å². The van der Waals surface area contributed by atoms with E-state index in [0.29, 0.717) is 13.0 Å². The average Bonchev–Trinajstić information content (AvgIpc) is 3.15. The van der Waals surface area contributed by atoms with Gasteiger partial charge >= 0.3 is 0 Å². The lowest BCUT2D eigenvalue weighted by Crippen LogP contribution is -2.16. The molecule has 2 aromatic heterocycles. The summed E-state index contributed by atoms with van der Waals surface area (Å²) in [6, 6.07) is 8.05. The van der Waals surface area contributed by atoms with Gasteiger partial charge in [0.25, 0.3) is 5.91 Å². The van der Waals surface area contributed by atoms with Gasteiger partial charge in [-0.25, -0.2) is 4.98 Å². The summed E-state index contributed by atoms with van der Waals surface area (Å²) in [5.74, 6) is -0.566. The summed E-state index contributed by atoms with van der Waals surface area (Å²) in [6.45, 7) is 1.14. The molecule has 0 bridgehead atoms. The maximum atomic E-state index is 11.0. The molecule has 0 aliphatic heterocycles. The number of aromatic nitrogens is 4. The van der Waals surface area contributed by atoms with Crippen molar-refractivity contribution < 1.29 is 9.90 Å². The van der Waals surface area contributed by atoms with Gasteiger partial charge in [-0.3, -0.25) is 9.48 Å². The van der Waals surface area contributed by atoms with E-state index in [2.05, 4.69) is 10.1 Å². The van der Waals surface area contributed by atoms with Crippen molar-refractivity contribution in [3.63, 3.8) is 0 Å².